The van der Waals surface area contributed by atoms with E-state index in [2.05, 4.69) is 5.32 Å². The fraction of sp³-hybridized carbons (Fsp3) is 0.385. The van der Waals surface area contributed by atoms with Gasteiger partial charge in [0, 0.05) is 19.2 Å². The van der Waals surface area contributed by atoms with Crippen molar-refractivity contribution in [3.63, 3.8) is 0 Å². The molecule has 1 aromatic carbocycles. The largest absolute Gasteiger partial charge is 0.383 e. The SMILES string of the molecule is COCCNCCC=Cc1ccccc1F. The van der Waals surface area contributed by atoms with Gasteiger partial charge in [-0.1, -0.05) is 30.4 Å². The van der Waals surface area contributed by atoms with Crippen molar-refractivity contribution in [1.82, 2.24) is 5.32 Å². The van der Waals surface area contributed by atoms with E-state index in [4.69, 9.17) is 4.74 Å². The highest BCUT2D eigenvalue weighted by Crippen LogP contribution is 2.08. The summed E-state index contributed by atoms with van der Waals surface area (Å²) in [5, 5.41) is 3.22. The average molecular weight is 223 g/mol. The summed E-state index contributed by atoms with van der Waals surface area (Å²) in [4.78, 5) is 0. The minimum absolute atomic E-state index is 0.175. The Hall–Kier alpha value is -1.19. The van der Waals surface area contributed by atoms with E-state index in [0.717, 1.165) is 26.1 Å². The van der Waals surface area contributed by atoms with Gasteiger partial charge in [0.05, 0.1) is 6.61 Å². The van der Waals surface area contributed by atoms with Crippen LogP contribution < -0.4 is 5.32 Å². The van der Waals surface area contributed by atoms with Gasteiger partial charge in [-0.25, -0.2) is 4.39 Å². The molecule has 0 saturated heterocycles. The molecule has 88 valence electrons. The van der Waals surface area contributed by atoms with E-state index in [1.165, 1.54) is 6.07 Å². The van der Waals surface area contributed by atoms with Gasteiger partial charge in [-0.05, 0) is 19.0 Å². The van der Waals surface area contributed by atoms with Crippen LogP contribution in [0.3, 0.4) is 0 Å². The molecular weight excluding hydrogens is 205 g/mol. The van der Waals surface area contributed by atoms with Crippen LogP contribution in [0.2, 0.25) is 0 Å². The summed E-state index contributed by atoms with van der Waals surface area (Å²) >= 11 is 0. The van der Waals surface area contributed by atoms with E-state index in [9.17, 15) is 4.39 Å². The first-order chi connectivity index (χ1) is 7.84. The Kier molecular flexibility index (Phi) is 6.45. The van der Waals surface area contributed by atoms with Crippen LogP contribution >= 0.6 is 0 Å². The van der Waals surface area contributed by atoms with Gasteiger partial charge in [-0.3, -0.25) is 0 Å². The monoisotopic (exact) mass is 223 g/mol. The van der Waals surface area contributed by atoms with Crippen LogP contribution in [0.15, 0.2) is 30.3 Å². The Balaban J connectivity index is 2.20. The maximum Gasteiger partial charge on any atom is 0.130 e. The summed E-state index contributed by atoms with van der Waals surface area (Å²) in [6.45, 7) is 2.45. The number of hydrogen-bond acceptors (Lipinski definition) is 2. The van der Waals surface area contributed by atoms with Crippen molar-refractivity contribution in [1.29, 1.82) is 0 Å². The van der Waals surface area contributed by atoms with E-state index in [0.29, 0.717) is 5.56 Å². The van der Waals surface area contributed by atoms with Crippen LogP contribution in [0.5, 0.6) is 0 Å². The molecule has 1 N–H and O–H groups in total. The fourth-order valence-electron chi connectivity index (χ4n) is 1.31. The second-order valence-corrected chi connectivity index (χ2v) is 3.46. The summed E-state index contributed by atoms with van der Waals surface area (Å²) in [6.07, 6.45) is 4.67. The predicted octanol–water partition coefficient (Wildman–Crippen LogP) is 2.47. The lowest BCUT2D eigenvalue weighted by Gasteiger charge is -2.00. The topological polar surface area (TPSA) is 21.3 Å². The zero-order valence-electron chi connectivity index (χ0n) is 9.58. The van der Waals surface area contributed by atoms with Crippen molar-refractivity contribution in [3.8, 4) is 0 Å². The molecule has 1 aromatic rings. The molecule has 0 atom stereocenters. The standard InChI is InChI=1S/C13H18FNO/c1-16-11-10-15-9-5-4-7-12-6-2-3-8-13(12)14/h2-4,6-8,15H,5,9-11H2,1H3. The molecule has 0 amide bonds. The number of methoxy groups -OCH3 is 1. The number of halogens is 1. The Morgan fingerprint density at radius 1 is 1.31 bits per heavy atom. The lowest BCUT2D eigenvalue weighted by Crippen LogP contribution is -2.19. The third kappa shape index (κ3) is 5.05. The normalized spacial score (nSPS) is 11.1. The summed E-state index contributed by atoms with van der Waals surface area (Å²) in [5.74, 6) is -0.175. The zero-order valence-corrected chi connectivity index (χ0v) is 9.58. The number of benzene rings is 1. The van der Waals surface area contributed by atoms with Crippen LogP contribution in [0, 0.1) is 5.82 Å². The van der Waals surface area contributed by atoms with Crippen molar-refractivity contribution in [3.05, 3.63) is 41.7 Å². The molecule has 0 unspecified atom stereocenters. The van der Waals surface area contributed by atoms with Crippen molar-refractivity contribution < 1.29 is 9.13 Å². The second kappa shape index (κ2) is 8.02. The molecule has 0 spiro atoms. The van der Waals surface area contributed by atoms with Crippen molar-refractivity contribution in [2.75, 3.05) is 26.8 Å². The Morgan fingerprint density at radius 3 is 2.88 bits per heavy atom. The molecule has 0 aliphatic carbocycles. The van der Waals surface area contributed by atoms with E-state index < -0.39 is 0 Å². The molecule has 2 nitrogen and oxygen atoms in total. The van der Waals surface area contributed by atoms with Gasteiger partial charge < -0.3 is 10.1 Å². The summed E-state index contributed by atoms with van der Waals surface area (Å²) in [6, 6.07) is 6.76. The van der Waals surface area contributed by atoms with Gasteiger partial charge in [0.1, 0.15) is 5.82 Å². The van der Waals surface area contributed by atoms with E-state index in [1.54, 1.807) is 19.2 Å². The molecule has 0 bridgehead atoms. The highest BCUT2D eigenvalue weighted by atomic mass is 19.1. The molecule has 0 fully saturated rings. The lowest BCUT2D eigenvalue weighted by molar-refractivity contribution is 0.199. The van der Waals surface area contributed by atoms with Crippen LogP contribution in [-0.2, 0) is 4.74 Å². The summed E-state index contributed by atoms with van der Waals surface area (Å²) in [5.41, 5.74) is 0.638. The molecule has 3 heteroatoms. The number of ether oxygens (including phenoxy) is 1. The molecule has 0 aromatic heterocycles. The molecule has 0 aliphatic rings. The molecule has 16 heavy (non-hydrogen) atoms. The van der Waals surface area contributed by atoms with Gasteiger partial charge in [-0.2, -0.15) is 0 Å². The van der Waals surface area contributed by atoms with Crippen LogP contribution in [0.25, 0.3) is 6.08 Å². The third-order valence-corrected chi connectivity index (χ3v) is 2.17. The van der Waals surface area contributed by atoms with Crippen LogP contribution in [-0.4, -0.2) is 26.8 Å². The molecule has 0 saturated carbocycles. The average Bonchev–Trinajstić information content (AvgIpc) is 2.30. The molecule has 0 heterocycles. The Morgan fingerprint density at radius 2 is 2.12 bits per heavy atom. The van der Waals surface area contributed by atoms with Gasteiger partial charge in [-0.15, -0.1) is 0 Å². The quantitative estimate of drug-likeness (QED) is 0.717. The van der Waals surface area contributed by atoms with Crippen LogP contribution in [0.4, 0.5) is 4.39 Å². The van der Waals surface area contributed by atoms with Crippen LogP contribution in [0.1, 0.15) is 12.0 Å². The molecular formula is C13H18FNO. The van der Waals surface area contributed by atoms with Gasteiger partial charge in [0.15, 0.2) is 0 Å². The minimum atomic E-state index is -0.175. The number of nitrogens with one attached hydrogen (secondary N) is 1. The fourth-order valence-corrected chi connectivity index (χ4v) is 1.31. The third-order valence-electron chi connectivity index (χ3n) is 2.17. The van der Waals surface area contributed by atoms with Gasteiger partial charge >= 0.3 is 0 Å². The number of hydrogen-bond donors (Lipinski definition) is 1. The first-order valence-corrected chi connectivity index (χ1v) is 5.45. The minimum Gasteiger partial charge on any atom is -0.383 e. The molecule has 0 aliphatic heterocycles. The lowest BCUT2D eigenvalue weighted by atomic mass is 10.2. The van der Waals surface area contributed by atoms with Crippen molar-refractivity contribution >= 4 is 6.08 Å². The second-order valence-electron chi connectivity index (χ2n) is 3.46. The smallest absolute Gasteiger partial charge is 0.130 e. The highest BCUT2D eigenvalue weighted by Gasteiger charge is 1.93. The Labute approximate surface area is 96.1 Å². The van der Waals surface area contributed by atoms with E-state index >= 15 is 0 Å². The van der Waals surface area contributed by atoms with E-state index in [-0.39, 0.29) is 5.82 Å². The number of rotatable bonds is 7. The molecule has 0 radical (unpaired) electrons. The Bertz CT molecular complexity index is 325. The first-order valence-electron chi connectivity index (χ1n) is 5.45. The summed E-state index contributed by atoms with van der Waals surface area (Å²) in [7, 11) is 1.68. The first kappa shape index (κ1) is 12.9. The van der Waals surface area contributed by atoms with Crippen molar-refractivity contribution in [2.24, 2.45) is 0 Å². The predicted molar refractivity (Wildman–Crippen MR) is 64.8 cm³/mol. The van der Waals surface area contributed by atoms with Gasteiger partial charge in [0.25, 0.3) is 0 Å². The maximum atomic E-state index is 13.2. The highest BCUT2D eigenvalue weighted by molar-refractivity contribution is 5.49. The van der Waals surface area contributed by atoms with Crippen molar-refractivity contribution in [2.45, 2.75) is 6.42 Å². The summed E-state index contributed by atoms with van der Waals surface area (Å²) < 4.78 is 18.1. The molecule has 1 rings (SSSR count). The van der Waals surface area contributed by atoms with Gasteiger partial charge in [0.2, 0.25) is 0 Å². The zero-order chi connectivity index (χ0) is 11.6. The maximum absolute atomic E-state index is 13.2. The van der Waals surface area contributed by atoms with E-state index in [1.807, 2.05) is 18.2 Å².